The summed E-state index contributed by atoms with van der Waals surface area (Å²) in [5.74, 6) is 1.12. The Bertz CT molecular complexity index is 223. The molecule has 0 aliphatic rings. The van der Waals surface area contributed by atoms with Gasteiger partial charge in [0.1, 0.15) is 0 Å². The summed E-state index contributed by atoms with van der Waals surface area (Å²) in [7, 11) is 0. The largest absolute Gasteiger partial charge is 0.126 e. The second-order valence-electron chi connectivity index (χ2n) is 2.17. The normalized spacial score (nSPS) is 9.55. The highest BCUT2D eigenvalue weighted by atomic mass is 32.2. The summed E-state index contributed by atoms with van der Waals surface area (Å²) in [6.45, 7) is 7.49. The summed E-state index contributed by atoms with van der Waals surface area (Å²) >= 11 is 1.84. The number of benzene rings is 1. The third kappa shape index (κ3) is 2.43. The van der Waals surface area contributed by atoms with Crippen LogP contribution < -0.4 is 0 Å². The maximum Gasteiger partial charge on any atom is 0.00722 e. The Morgan fingerprint density at radius 1 is 1.36 bits per heavy atom. The molecule has 0 unspecified atom stereocenters. The van der Waals surface area contributed by atoms with Gasteiger partial charge in [-0.15, -0.1) is 11.8 Å². The SMILES string of the molecule is [CH]=Cc1ccc(SCC)cc1. The van der Waals surface area contributed by atoms with E-state index in [2.05, 4.69) is 19.1 Å². The van der Waals surface area contributed by atoms with Gasteiger partial charge in [0.25, 0.3) is 0 Å². The zero-order valence-corrected chi connectivity index (χ0v) is 7.40. The third-order valence-corrected chi connectivity index (χ3v) is 2.28. The van der Waals surface area contributed by atoms with E-state index >= 15 is 0 Å². The highest BCUT2D eigenvalue weighted by Gasteiger charge is 1.89. The van der Waals surface area contributed by atoms with Crippen LogP contribution in [0.25, 0.3) is 6.08 Å². The molecule has 0 amide bonds. The molecule has 0 aliphatic carbocycles. The van der Waals surface area contributed by atoms with E-state index in [0.717, 1.165) is 11.3 Å². The Morgan fingerprint density at radius 2 is 2.00 bits per heavy atom. The Hall–Kier alpha value is -0.690. The lowest BCUT2D eigenvalue weighted by Crippen LogP contribution is -1.73. The first-order valence-electron chi connectivity index (χ1n) is 3.64. The highest BCUT2D eigenvalue weighted by Crippen LogP contribution is 2.17. The zero-order chi connectivity index (χ0) is 8.10. The van der Waals surface area contributed by atoms with Crippen molar-refractivity contribution in [1.82, 2.24) is 0 Å². The number of thioether (sulfide) groups is 1. The molecule has 1 radical (unpaired) electrons. The lowest BCUT2D eigenvalue weighted by atomic mass is 10.2. The first-order chi connectivity index (χ1) is 5.36. The second-order valence-corrected chi connectivity index (χ2v) is 3.51. The molecule has 0 aliphatic heterocycles. The summed E-state index contributed by atoms with van der Waals surface area (Å²) < 4.78 is 0. The Morgan fingerprint density at radius 3 is 2.45 bits per heavy atom. The van der Waals surface area contributed by atoms with Gasteiger partial charge < -0.3 is 0 Å². The fraction of sp³-hybridized carbons (Fsp3) is 0.200. The molecule has 0 bridgehead atoms. The third-order valence-electron chi connectivity index (χ3n) is 1.38. The Kier molecular flexibility index (Phi) is 3.24. The molecule has 0 N–H and O–H groups in total. The van der Waals surface area contributed by atoms with Crippen LogP contribution in [0.4, 0.5) is 0 Å². The highest BCUT2D eigenvalue weighted by molar-refractivity contribution is 7.99. The topological polar surface area (TPSA) is 0 Å². The van der Waals surface area contributed by atoms with Crippen LogP contribution in [0.2, 0.25) is 0 Å². The summed E-state index contributed by atoms with van der Waals surface area (Å²) in [6.07, 6.45) is 1.61. The van der Waals surface area contributed by atoms with Crippen molar-refractivity contribution in [2.45, 2.75) is 11.8 Å². The van der Waals surface area contributed by atoms with Crippen molar-refractivity contribution < 1.29 is 0 Å². The molecule has 0 nitrogen and oxygen atoms in total. The summed E-state index contributed by atoms with van der Waals surface area (Å²) in [5.41, 5.74) is 1.07. The van der Waals surface area contributed by atoms with Crippen LogP contribution in [0.1, 0.15) is 12.5 Å². The zero-order valence-electron chi connectivity index (χ0n) is 6.58. The van der Waals surface area contributed by atoms with Crippen LogP contribution in [0.15, 0.2) is 29.2 Å². The van der Waals surface area contributed by atoms with Crippen LogP contribution in [0.5, 0.6) is 0 Å². The fourth-order valence-corrected chi connectivity index (χ4v) is 1.50. The van der Waals surface area contributed by atoms with E-state index in [9.17, 15) is 0 Å². The minimum atomic E-state index is 1.07. The molecule has 0 heterocycles. The molecule has 0 spiro atoms. The monoisotopic (exact) mass is 163 g/mol. The lowest BCUT2D eigenvalue weighted by Gasteiger charge is -1.97. The molecule has 57 valence electrons. The van der Waals surface area contributed by atoms with E-state index in [0.29, 0.717) is 0 Å². The van der Waals surface area contributed by atoms with Gasteiger partial charge in [-0.1, -0.05) is 31.7 Å². The summed E-state index contributed by atoms with van der Waals surface area (Å²) in [6, 6.07) is 8.23. The van der Waals surface area contributed by atoms with Gasteiger partial charge in [0.15, 0.2) is 0 Å². The quantitative estimate of drug-likeness (QED) is 0.616. The standard InChI is InChI=1S/C10H11S/c1-3-9-5-7-10(8-6-9)11-4-2/h1,3,5-8H,4H2,2H3. The maximum absolute atomic E-state index is 5.34. The van der Waals surface area contributed by atoms with Crippen molar-refractivity contribution in [3.63, 3.8) is 0 Å². The van der Waals surface area contributed by atoms with E-state index < -0.39 is 0 Å². The van der Waals surface area contributed by atoms with Gasteiger partial charge in [0, 0.05) is 4.90 Å². The summed E-state index contributed by atoms with van der Waals surface area (Å²) in [5, 5.41) is 0. The number of hydrogen-bond donors (Lipinski definition) is 0. The number of rotatable bonds is 3. The van der Waals surface area contributed by atoms with Crippen LogP contribution in [-0.2, 0) is 0 Å². The lowest BCUT2D eigenvalue weighted by molar-refractivity contribution is 1.42. The first-order valence-corrected chi connectivity index (χ1v) is 4.63. The first kappa shape index (κ1) is 8.41. The molecular formula is C10H11S. The van der Waals surface area contributed by atoms with E-state index in [1.807, 2.05) is 23.9 Å². The molecule has 0 aromatic heterocycles. The van der Waals surface area contributed by atoms with Crippen molar-refractivity contribution in [3.05, 3.63) is 36.4 Å². The summed E-state index contributed by atoms with van der Waals surface area (Å²) in [4.78, 5) is 1.30. The van der Waals surface area contributed by atoms with E-state index in [-0.39, 0.29) is 0 Å². The van der Waals surface area contributed by atoms with E-state index in [4.69, 9.17) is 6.58 Å². The van der Waals surface area contributed by atoms with Gasteiger partial charge in [-0.25, -0.2) is 0 Å². The van der Waals surface area contributed by atoms with Gasteiger partial charge in [-0.2, -0.15) is 0 Å². The van der Waals surface area contributed by atoms with E-state index in [1.54, 1.807) is 6.08 Å². The van der Waals surface area contributed by atoms with Gasteiger partial charge >= 0.3 is 0 Å². The van der Waals surface area contributed by atoms with Crippen molar-refractivity contribution in [1.29, 1.82) is 0 Å². The Labute approximate surface area is 72.3 Å². The maximum atomic E-state index is 5.34. The van der Waals surface area contributed by atoms with Gasteiger partial charge in [0.2, 0.25) is 0 Å². The van der Waals surface area contributed by atoms with E-state index in [1.165, 1.54) is 4.90 Å². The van der Waals surface area contributed by atoms with Crippen LogP contribution >= 0.6 is 11.8 Å². The fourth-order valence-electron chi connectivity index (χ4n) is 0.842. The molecule has 1 rings (SSSR count). The van der Waals surface area contributed by atoms with Crippen LogP contribution in [0.3, 0.4) is 0 Å². The van der Waals surface area contributed by atoms with Crippen molar-refractivity contribution in [2.75, 3.05) is 5.75 Å². The predicted octanol–water partition coefficient (Wildman–Crippen LogP) is 3.24. The van der Waals surface area contributed by atoms with Crippen molar-refractivity contribution in [3.8, 4) is 0 Å². The van der Waals surface area contributed by atoms with Crippen molar-refractivity contribution in [2.24, 2.45) is 0 Å². The second kappa shape index (κ2) is 4.24. The molecule has 1 aromatic rings. The van der Waals surface area contributed by atoms with Gasteiger partial charge in [-0.3, -0.25) is 0 Å². The minimum absolute atomic E-state index is 1.07. The molecule has 0 saturated carbocycles. The smallest absolute Gasteiger partial charge is 0.00722 e. The molecule has 11 heavy (non-hydrogen) atoms. The molecule has 0 fully saturated rings. The molecule has 1 heteroatoms. The molecule has 1 aromatic carbocycles. The number of hydrogen-bond acceptors (Lipinski definition) is 1. The minimum Gasteiger partial charge on any atom is -0.126 e. The average Bonchev–Trinajstić information content (AvgIpc) is 2.07. The Balaban J connectivity index is 2.74. The van der Waals surface area contributed by atoms with Crippen LogP contribution in [-0.4, -0.2) is 5.75 Å². The average molecular weight is 163 g/mol. The van der Waals surface area contributed by atoms with Gasteiger partial charge in [0.05, 0.1) is 0 Å². The molecular weight excluding hydrogens is 152 g/mol. The van der Waals surface area contributed by atoms with Gasteiger partial charge in [-0.05, 0) is 23.4 Å². The predicted molar refractivity (Wildman–Crippen MR) is 51.6 cm³/mol. The molecule has 0 saturated heterocycles. The molecule has 0 atom stereocenters. The van der Waals surface area contributed by atoms with Crippen molar-refractivity contribution >= 4 is 17.8 Å². The van der Waals surface area contributed by atoms with Crippen LogP contribution in [0, 0.1) is 6.58 Å².